The second-order valence-corrected chi connectivity index (χ2v) is 17.6. The molecule has 304 valence electrons. The second-order valence-electron chi connectivity index (χ2n) is 17.6. The van der Waals surface area contributed by atoms with Crippen LogP contribution in [0.5, 0.6) is 0 Å². The average Bonchev–Trinajstić information content (AvgIpc) is 3.94. The quantitative estimate of drug-likeness (QED) is 0.145. The fourth-order valence-electron chi connectivity index (χ4n) is 10.3. The molecule has 0 unspecified atom stereocenters. The highest BCUT2D eigenvalue weighted by Crippen LogP contribution is 2.40. The molecule has 69 heavy (non-hydrogen) atoms. The van der Waals surface area contributed by atoms with E-state index in [2.05, 4.69) is 162 Å². The molecule has 0 spiro atoms. The molecule has 0 fully saturated rings. The van der Waals surface area contributed by atoms with E-state index in [0.29, 0.717) is 43.8 Å². The number of hydrogen-bond donors (Lipinski definition) is 0. The summed E-state index contributed by atoms with van der Waals surface area (Å²) in [6.07, 6.45) is 0. The van der Waals surface area contributed by atoms with Crippen LogP contribution >= 0.6 is 0 Å². The Hall–Kier alpha value is -7.75. The Morgan fingerprint density at radius 1 is 0.261 bits per heavy atom. The Morgan fingerprint density at radius 2 is 0.710 bits per heavy atom. The average molecular weight is 858 g/mol. The maximum Gasteiger partial charge on any atom is 0.115 e. The van der Waals surface area contributed by atoms with E-state index in [0.717, 1.165) is 83.3 Å². The predicted molar refractivity (Wildman–Crippen MR) is 300 cm³/mol. The van der Waals surface area contributed by atoms with Gasteiger partial charge < -0.3 is 9.13 Å². The summed E-state index contributed by atoms with van der Waals surface area (Å²) in [5, 5.41) is 3.21. The zero-order valence-electron chi connectivity index (χ0n) is 37.5. The lowest BCUT2D eigenvalue weighted by atomic mass is 9.64. The van der Waals surface area contributed by atoms with Gasteiger partial charge in [0, 0.05) is 44.1 Å². The minimum Gasteiger partial charge on any atom is -0.311 e. The number of para-hydroxylation sites is 1. The molecule has 0 bridgehead atoms. The van der Waals surface area contributed by atoms with E-state index in [9.17, 15) is 0 Å². The van der Waals surface area contributed by atoms with Gasteiger partial charge in [-0.2, -0.15) is 0 Å². The lowest BCUT2D eigenvalue weighted by Gasteiger charge is -2.19. The van der Waals surface area contributed by atoms with Crippen molar-refractivity contribution in [1.29, 1.82) is 0 Å². The zero-order valence-corrected chi connectivity index (χ0v) is 37.5. The van der Waals surface area contributed by atoms with Crippen LogP contribution in [-0.2, 0) is 0 Å². The summed E-state index contributed by atoms with van der Waals surface area (Å²) in [5.41, 5.74) is 17.1. The van der Waals surface area contributed by atoms with Gasteiger partial charge in [0.05, 0.1) is 11.0 Å². The van der Waals surface area contributed by atoms with Crippen LogP contribution in [0.1, 0.15) is 0 Å². The van der Waals surface area contributed by atoms with Crippen molar-refractivity contribution in [3.05, 3.63) is 200 Å². The van der Waals surface area contributed by atoms with Crippen LogP contribution in [0.2, 0.25) is 0 Å². The van der Waals surface area contributed by atoms with Crippen LogP contribution in [0.15, 0.2) is 200 Å². The van der Waals surface area contributed by atoms with Crippen molar-refractivity contribution in [2.45, 2.75) is 0 Å². The maximum atomic E-state index is 7.44. The van der Waals surface area contributed by atoms with Crippen molar-refractivity contribution in [3.8, 4) is 67.0 Å². The Bertz CT molecular complexity index is 3990. The highest BCUT2D eigenvalue weighted by atomic mass is 15.0. The minimum absolute atomic E-state index is 0.171. The lowest BCUT2D eigenvalue weighted by molar-refractivity contribution is 1.18. The number of rotatable bonds is 7. The van der Waals surface area contributed by atoms with Crippen molar-refractivity contribution in [2.75, 3.05) is 0 Å². The van der Waals surface area contributed by atoms with Crippen LogP contribution in [0, 0.1) is 0 Å². The Kier molecular flexibility index (Phi) is 10.4. The molecule has 0 aliphatic carbocycles. The Balaban J connectivity index is 1.06. The van der Waals surface area contributed by atoms with Gasteiger partial charge in [0.15, 0.2) is 0 Å². The predicted octanol–water partition coefficient (Wildman–Crippen LogP) is 7.77. The van der Waals surface area contributed by atoms with Crippen LogP contribution < -0.4 is 38.2 Å². The molecule has 10 aromatic carbocycles. The molecule has 12 aromatic rings. The summed E-state index contributed by atoms with van der Waals surface area (Å²) in [5.74, 6) is 0. The van der Waals surface area contributed by atoms with Gasteiger partial charge in [0.1, 0.15) is 54.9 Å². The highest BCUT2D eigenvalue weighted by Gasteiger charge is 2.25. The molecule has 0 saturated carbocycles. The molecule has 0 atom stereocenters. The van der Waals surface area contributed by atoms with Gasteiger partial charge in [-0.3, -0.25) is 0 Å². The van der Waals surface area contributed by atoms with E-state index in [1.807, 2.05) is 47.0 Å². The lowest BCUT2D eigenvalue weighted by Crippen LogP contribution is -2.48. The molecule has 0 N–H and O–H groups in total. The third-order valence-corrected chi connectivity index (χ3v) is 13.7. The smallest absolute Gasteiger partial charge is 0.115 e. The molecule has 14 radical (unpaired) electrons. The van der Waals surface area contributed by atoms with E-state index in [-0.39, 0.29) is 21.9 Å². The molecule has 0 saturated heterocycles. The number of aromatic nitrogens is 2. The minimum atomic E-state index is 0.171. The fourth-order valence-corrected chi connectivity index (χ4v) is 10.3. The van der Waals surface area contributed by atoms with Gasteiger partial charge in [0.25, 0.3) is 0 Å². The standard InChI is InChI=1S/C60H33B7N2/c61-51-48(41-26-31-47-46(33-41)45-21-11-20-44(38-16-8-3-9-17-38)58(45)68(47)42-27-22-36(23-28-42)34-12-4-1-5-13-34)52(62)56(66)59-49(51)50-53(63)54(64)55(65)57(67)60(50)69(59)43-29-24-37(25-30-43)40-19-10-18-39(32-40)35-14-6-2-7-15-35/h1-33H. The first-order valence-corrected chi connectivity index (χ1v) is 22.8. The molecule has 0 aliphatic rings. The van der Waals surface area contributed by atoms with E-state index >= 15 is 0 Å². The SMILES string of the molecule is [B]c1c([B])c([B])c2c(c1[B])c1c([B])c(-c3ccc4c(c3)c3cccc(-c5ccccc5)c3n4-c3ccc(-c4ccccc4)cc3)c([B])c([B])c1n2-c1ccc(-c2cccc(-c3ccccc3)c2)cc1. The van der Waals surface area contributed by atoms with Crippen LogP contribution in [0.25, 0.3) is 111 Å². The number of hydrogen-bond acceptors (Lipinski definition) is 0. The van der Waals surface area contributed by atoms with Gasteiger partial charge in [-0.25, -0.2) is 0 Å². The van der Waals surface area contributed by atoms with Gasteiger partial charge >= 0.3 is 0 Å². The third kappa shape index (κ3) is 6.81. The zero-order chi connectivity index (χ0) is 47.1. The van der Waals surface area contributed by atoms with Crippen molar-refractivity contribution in [3.63, 3.8) is 0 Å². The molecule has 2 heterocycles. The van der Waals surface area contributed by atoms with Gasteiger partial charge in [-0.1, -0.05) is 185 Å². The van der Waals surface area contributed by atoms with Crippen LogP contribution in [0.4, 0.5) is 0 Å². The second kappa shape index (κ2) is 16.8. The third-order valence-electron chi connectivity index (χ3n) is 13.7. The molecule has 0 amide bonds. The van der Waals surface area contributed by atoms with Gasteiger partial charge in [-0.05, 0) is 97.9 Å². The largest absolute Gasteiger partial charge is 0.311 e. The molecular weight excluding hydrogens is 824 g/mol. The monoisotopic (exact) mass is 858 g/mol. The summed E-state index contributed by atoms with van der Waals surface area (Å²) in [6.45, 7) is 0. The van der Waals surface area contributed by atoms with Crippen LogP contribution in [0.3, 0.4) is 0 Å². The number of fused-ring (bicyclic) bond motifs is 6. The first-order chi connectivity index (χ1) is 33.7. The Morgan fingerprint density at radius 3 is 1.32 bits per heavy atom. The van der Waals surface area contributed by atoms with E-state index in [1.54, 1.807) is 0 Å². The molecule has 9 heteroatoms. The Labute approximate surface area is 410 Å². The van der Waals surface area contributed by atoms with Crippen molar-refractivity contribution in [2.24, 2.45) is 0 Å². The van der Waals surface area contributed by atoms with Crippen molar-refractivity contribution >= 4 is 137 Å². The topological polar surface area (TPSA) is 9.86 Å². The summed E-state index contributed by atoms with van der Waals surface area (Å²) < 4.78 is 4.29. The first-order valence-electron chi connectivity index (χ1n) is 22.8. The maximum absolute atomic E-state index is 7.44. The fraction of sp³-hybridized carbons (Fsp3) is 0. The van der Waals surface area contributed by atoms with E-state index in [4.69, 9.17) is 54.9 Å². The summed E-state index contributed by atoms with van der Waals surface area (Å²) in [4.78, 5) is 0. The number of nitrogens with zero attached hydrogens (tertiary/aromatic N) is 2. The normalized spacial score (nSPS) is 11.6. The number of benzene rings is 10. The summed E-state index contributed by atoms with van der Waals surface area (Å²) in [7, 11) is 49.0. The van der Waals surface area contributed by atoms with Gasteiger partial charge in [-0.15, -0.1) is 10.9 Å². The highest BCUT2D eigenvalue weighted by molar-refractivity contribution is 6.69. The molecule has 12 rings (SSSR count). The summed E-state index contributed by atoms with van der Waals surface area (Å²) in [6, 6.07) is 69.4. The molecule has 2 nitrogen and oxygen atoms in total. The first kappa shape index (κ1) is 42.6. The molecular formula is C60H33B7N2. The summed E-state index contributed by atoms with van der Waals surface area (Å²) >= 11 is 0. The van der Waals surface area contributed by atoms with E-state index < -0.39 is 0 Å². The van der Waals surface area contributed by atoms with Crippen molar-refractivity contribution < 1.29 is 0 Å². The molecule has 0 aliphatic heterocycles. The van der Waals surface area contributed by atoms with Gasteiger partial charge in [0.2, 0.25) is 0 Å². The van der Waals surface area contributed by atoms with E-state index in [1.165, 1.54) is 0 Å². The van der Waals surface area contributed by atoms with Crippen LogP contribution in [-0.4, -0.2) is 64.1 Å². The van der Waals surface area contributed by atoms with Crippen molar-refractivity contribution in [1.82, 2.24) is 9.13 Å². The molecule has 2 aromatic heterocycles.